The van der Waals surface area contributed by atoms with Crippen LogP contribution in [0.25, 0.3) is 0 Å². The minimum absolute atomic E-state index is 0.0372. The van der Waals surface area contributed by atoms with Crippen molar-refractivity contribution in [2.45, 2.75) is 63.5 Å². The number of hydrogen-bond acceptors (Lipinski definition) is 2. The first-order valence-corrected chi connectivity index (χ1v) is 7.03. The summed E-state index contributed by atoms with van der Waals surface area (Å²) in [6, 6.07) is -0.223. The van der Waals surface area contributed by atoms with Gasteiger partial charge in [-0.05, 0) is 32.1 Å². The summed E-state index contributed by atoms with van der Waals surface area (Å²) >= 11 is 0. The summed E-state index contributed by atoms with van der Waals surface area (Å²) in [5.74, 6) is 2.89. The van der Waals surface area contributed by atoms with Crippen LogP contribution in [0.4, 0.5) is 0 Å². The van der Waals surface area contributed by atoms with E-state index in [1.54, 1.807) is 4.90 Å². The maximum Gasteiger partial charge on any atom is 0.224 e. The minimum Gasteiger partial charge on any atom is -0.316 e. The van der Waals surface area contributed by atoms with Crippen molar-refractivity contribution in [3.63, 3.8) is 0 Å². The Kier molecular flexibility index (Phi) is 3.80. The van der Waals surface area contributed by atoms with Crippen LogP contribution in [-0.4, -0.2) is 28.2 Å². The lowest BCUT2D eigenvalue weighted by molar-refractivity contribution is -0.142. The minimum atomic E-state index is -0.697. The van der Waals surface area contributed by atoms with E-state index in [0.29, 0.717) is 32.1 Å². The molecular weight excluding hydrogens is 238 g/mol. The highest BCUT2D eigenvalue weighted by Gasteiger charge is 2.53. The van der Waals surface area contributed by atoms with Gasteiger partial charge in [0.15, 0.2) is 5.78 Å². The molecule has 0 unspecified atom stereocenters. The molecule has 0 aromatic carbocycles. The van der Waals surface area contributed by atoms with Gasteiger partial charge in [-0.1, -0.05) is 25.0 Å². The van der Waals surface area contributed by atoms with Crippen LogP contribution in [0.5, 0.6) is 0 Å². The summed E-state index contributed by atoms with van der Waals surface area (Å²) in [5.41, 5.74) is 0.322. The SMILES string of the molecule is C#C[C@@H]1CC[C@@]2(CC(=C)CC)C(=O)CCCC(=O)N12. The summed E-state index contributed by atoms with van der Waals surface area (Å²) < 4.78 is 0. The number of hydrogen-bond donors (Lipinski definition) is 0. The lowest BCUT2D eigenvalue weighted by Crippen LogP contribution is -2.54. The Morgan fingerprint density at radius 2 is 2.26 bits per heavy atom. The molecule has 0 bridgehead atoms. The molecule has 0 radical (unpaired) electrons. The average molecular weight is 259 g/mol. The van der Waals surface area contributed by atoms with Gasteiger partial charge in [0.05, 0.1) is 6.04 Å². The van der Waals surface area contributed by atoms with Gasteiger partial charge in [-0.2, -0.15) is 0 Å². The van der Waals surface area contributed by atoms with Gasteiger partial charge < -0.3 is 4.90 Å². The van der Waals surface area contributed by atoms with Crippen LogP contribution in [0, 0.1) is 12.3 Å². The summed E-state index contributed by atoms with van der Waals surface area (Å²) in [6.07, 6.45) is 9.93. The van der Waals surface area contributed by atoms with Crippen molar-refractivity contribution in [3.05, 3.63) is 12.2 Å². The number of nitrogens with zero attached hydrogens (tertiary/aromatic N) is 1. The highest BCUT2D eigenvalue weighted by Crippen LogP contribution is 2.42. The highest BCUT2D eigenvalue weighted by atomic mass is 16.2. The van der Waals surface area contributed by atoms with Gasteiger partial charge in [0, 0.05) is 12.8 Å². The maximum absolute atomic E-state index is 12.6. The Hall–Kier alpha value is -1.56. The maximum atomic E-state index is 12.6. The van der Waals surface area contributed by atoms with Crippen molar-refractivity contribution in [1.82, 2.24) is 4.90 Å². The average Bonchev–Trinajstić information content (AvgIpc) is 2.72. The molecule has 2 aliphatic rings. The van der Waals surface area contributed by atoms with Crippen LogP contribution >= 0.6 is 0 Å². The topological polar surface area (TPSA) is 37.4 Å². The Labute approximate surface area is 115 Å². The Morgan fingerprint density at radius 3 is 2.89 bits per heavy atom. The van der Waals surface area contributed by atoms with E-state index in [9.17, 15) is 9.59 Å². The van der Waals surface area contributed by atoms with E-state index in [0.717, 1.165) is 18.4 Å². The molecular formula is C16H21NO2. The molecule has 0 aromatic heterocycles. The van der Waals surface area contributed by atoms with Crippen LogP contribution in [0.1, 0.15) is 51.9 Å². The van der Waals surface area contributed by atoms with Crippen LogP contribution in [0.3, 0.4) is 0 Å². The van der Waals surface area contributed by atoms with E-state index in [2.05, 4.69) is 12.5 Å². The molecule has 0 aromatic rings. The van der Waals surface area contributed by atoms with E-state index in [1.165, 1.54) is 0 Å². The Bertz CT molecular complexity index is 460. The molecule has 0 spiro atoms. The van der Waals surface area contributed by atoms with E-state index in [1.807, 2.05) is 6.92 Å². The second kappa shape index (κ2) is 5.21. The molecule has 2 saturated heterocycles. The molecule has 102 valence electrons. The van der Waals surface area contributed by atoms with E-state index < -0.39 is 5.54 Å². The summed E-state index contributed by atoms with van der Waals surface area (Å²) in [7, 11) is 0. The zero-order valence-electron chi connectivity index (χ0n) is 11.6. The molecule has 0 N–H and O–H groups in total. The number of amides is 1. The van der Waals surface area contributed by atoms with Crippen molar-refractivity contribution in [3.8, 4) is 12.3 Å². The molecule has 3 nitrogen and oxygen atoms in total. The third kappa shape index (κ3) is 2.20. The number of terminal acetylenes is 1. The third-order valence-electron chi connectivity index (χ3n) is 4.42. The van der Waals surface area contributed by atoms with Crippen molar-refractivity contribution >= 4 is 11.7 Å². The third-order valence-corrected chi connectivity index (χ3v) is 4.42. The molecule has 2 heterocycles. The fourth-order valence-corrected chi connectivity index (χ4v) is 3.33. The fraction of sp³-hybridized carbons (Fsp3) is 0.625. The summed E-state index contributed by atoms with van der Waals surface area (Å²) in [5, 5.41) is 0. The van der Waals surface area contributed by atoms with Crippen molar-refractivity contribution in [2.75, 3.05) is 0 Å². The smallest absolute Gasteiger partial charge is 0.224 e. The molecule has 19 heavy (non-hydrogen) atoms. The molecule has 3 heteroatoms. The number of rotatable bonds is 3. The van der Waals surface area contributed by atoms with Crippen LogP contribution < -0.4 is 0 Å². The van der Waals surface area contributed by atoms with Crippen LogP contribution in [-0.2, 0) is 9.59 Å². The lowest BCUT2D eigenvalue weighted by atomic mass is 9.82. The molecule has 2 rings (SSSR count). The van der Waals surface area contributed by atoms with Gasteiger partial charge in [-0.15, -0.1) is 6.42 Å². The predicted molar refractivity (Wildman–Crippen MR) is 74.3 cm³/mol. The molecule has 2 aliphatic heterocycles. The van der Waals surface area contributed by atoms with Gasteiger partial charge >= 0.3 is 0 Å². The largest absolute Gasteiger partial charge is 0.316 e. The van der Waals surface area contributed by atoms with E-state index in [4.69, 9.17) is 6.42 Å². The van der Waals surface area contributed by atoms with Crippen LogP contribution in [0.15, 0.2) is 12.2 Å². The van der Waals surface area contributed by atoms with Gasteiger partial charge in [-0.3, -0.25) is 9.59 Å². The molecule has 2 atom stereocenters. The first-order chi connectivity index (χ1) is 9.05. The monoisotopic (exact) mass is 259 g/mol. The number of carbonyl (C=O) groups excluding carboxylic acids is 2. The van der Waals surface area contributed by atoms with Gasteiger partial charge in [0.2, 0.25) is 5.91 Å². The zero-order valence-corrected chi connectivity index (χ0v) is 11.6. The Balaban J connectivity index is 2.42. The lowest BCUT2D eigenvalue weighted by Gasteiger charge is -2.38. The van der Waals surface area contributed by atoms with Gasteiger partial charge in [-0.25, -0.2) is 0 Å². The normalized spacial score (nSPS) is 30.7. The second-order valence-corrected chi connectivity index (χ2v) is 5.57. The van der Waals surface area contributed by atoms with Crippen molar-refractivity contribution in [2.24, 2.45) is 0 Å². The fourth-order valence-electron chi connectivity index (χ4n) is 3.33. The van der Waals surface area contributed by atoms with Gasteiger partial charge in [0.1, 0.15) is 5.54 Å². The van der Waals surface area contributed by atoms with E-state index in [-0.39, 0.29) is 17.7 Å². The van der Waals surface area contributed by atoms with Crippen molar-refractivity contribution in [1.29, 1.82) is 0 Å². The van der Waals surface area contributed by atoms with Crippen LogP contribution in [0.2, 0.25) is 0 Å². The zero-order chi connectivity index (χ0) is 14.0. The second-order valence-electron chi connectivity index (χ2n) is 5.57. The number of ketones is 1. The Morgan fingerprint density at radius 1 is 1.53 bits per heavy atom. The standard InChI is InChI=1S/C16H21NO2/c1-4-12(3)11-16-10-9-13(5-2)17(16)15(19)8-6-7-14(16)18/h2,13H,3-4,6-11H2,1H3/t13-,16-/m1/s1. The first kappa shape index (κ1) is 13.9. The van der Waals surface area contributed by atoms with Gasteiger partial charge in [0.25, 0.3) is 0 Å². The number of fused-ring (bicyclic) bond motifs is 1. The summed E-state index contributed by atoms with van der Waals surface area (Å²) in [6.45, 7) is 6.05. The molecule has 0 saturated carbocycles. The van der Waals surface area contributed by atoms with E-state index >= 15 is 0 Å². The molecule has 1 amide bonds. The molecule has 2 fully saturated rings. The number of Topliss-reactive ketones (excluding diaryl/α,β-unsaturated/α-hetero) is 1. The first-order valence-electron chi connectivity index (χ1n) is 7.03. The molecule has 0 aliphatic carbocycles. The summed E-state index contributed by atoms with van der Waals surface area (Å²) in [4.78, 5) is 26.6. The quantitative estimate of drug-likeness (QED) is 0.576. The number of carbonyl (C=O) groups is 2. The predicted octanol–water partition coefficient (Wildman–Crippen LogP) is 2.46. The van der Waals surface area contributed by atoms with Crippen molar-refractivity contribution < 1.29 is 9.59 Å². The highest BCUT2D eigenvalue weighted by molar-refractivity contribution is 5.96.